The van der Waals surface area contributed by atoms with Crippen LogP contribution in [0.25, 0.3) is 0 Å². The molecular weight excluding hydrogens is 230 g/mol. The van der Waals surface area contributed by atoms with Crippen molar-refractivity contribution in [1.82, 2.24) is 9.80 Å². The molecule has 1 amide bonds. The molecule has 5 nitrogen and oxygen atoms in total. The Morgan fingerprint density at radius 2 is 2.00 bits per heavy atom. The minimum absolute atomic E-state index is 0.0910. The van der Waals surface area contributed by atoms with Crippen LogP contribution in [-0.2, 0) is 9.53 Å². The van der Waals surface area contributed by atoms with Crippen molar-refractivity contribution in [2.75, 3.05) is 40.4 Å². The van der Waals surface area contributed by atoms with Gasteiger partial charge in [0.25, 0.3) is 0 Å². The molecule has 18 heavy (non-hydrogen) atoms. The lowest BCUT2D eigenvalue weighted by atomic mass is 10.2. The molecule has 104 valence electrons. The molecule has 0 spiro atoms. The Balaban J connectivity index is 4.02. The summed E-state index contributed by atoms with van der Waals surface area (Å²) < 4.78 is 5.06. The molecular formula is C13H25N3O2. The van der Waals surface area contributed by atoms with E-state index < -0.39 is 0 Å². The smallest absolute Gasteiger partial charge is 0.223 e. The highest BCUT2D eigenvalue weighted by molar-refractivity contribution is 5.76. The van der Waals surface area contributed by atoms with E-state index in [0.29, 0.717) is 32.0 Å². The Hall–Kier alpha value is -1.12. The lowest BCUT2D eigenvalue weighted by molar-refractivity contribution is -0.130. The van der Waals surface area contributed by atoms with Gasteiger partial charge in [0, 0.05) is 46.3 Å². The SMILES string of the molecule is COCCN(CCC(=O)N(C)CCC#N)C(C)C. The van der Waals surface area contributed by atoms with Crippen molar-refractivity contribution in [2.45, 2.75) is 32.7 Å². The van der Waals surface area contributed by atoms with Crippen LogP contribution in [0, 0.1) is 11.3 Å². The van der Waals surface area contributed by atoms with Crippen molar-refractivity contribution in [2.24, 2.45) is 0 Å². The molecule has 0 aromatic rings. The van der Waals surface area contributed by atoms with E-state index in [4.69, 9.17) is 10.00 Å². The number of amides is 1. The number of ether oxygens (including phenoxy) is 1. The lowest BCUT2D eigenvalue weighted by Crippen LogP contribution is -2.37. The van der Waals surface area contributed by atoms with Crippen LogP contribution in [-0.4, -0.2) is 62.1 Å². The summed E-state index contributed by atoms with van der Waals surface area (Å²) in [5, 5.41) is 8.47. The molecule has 0 aromatic heterocycles. The second-order valence-corrected chi connectivity index (χ2v) is 4.60. The van der Waals surface area contributed by atoms with E-state index in [0.717, 1.165) is 13.1 Å². The third-order valence-electron chi connectivity index (χ3n) is 2.91. The predicted octanol–water partition coefficient (Wildman–Crippen LogP) is 1.11. The molecule has 5 heteroatoms. The van der Waals surface area contributed by atoms with Crippen molar-refractivity contribution in [3.8, 4) is 6.07 Å². The molecule has 0 aliphatic rings. The van der Waals surface area contributed by atoms with E-state index >= 15 is 0 Å². The van der Waals surface area contributed by atoms with Gasteiger partial charge in [0.1, 0.15) is 0 Å². The number of hydrogen-bond donors (Lipinski definition) is 0. The van der Waals surface area contributed by atoms with E-state index in [1.807, 2.05) is 6.07 Å². The monoisotopic (exact) mass is 255 g/mol. The maximum atomic E-state index is 11.8. The molecule has 0 unspecified atom stereocenters. The molecule has 0 atom stereocenters. The van der Waals surface area contributed by atoms with Gasteiger partial charge in [0.15, 0.2) is 0 Å². The van der Waals surface area contributed by atoms with Crippen LogP contribution in [0.3, 0.4) is 0 Å². The molecule has 0 aromatic carbocycles. The molecule has 0 fully saturated rings. The van der Waals surface area contributed by atoms with Gasteiger partial charge in [0.2, 0.25) is 5.91 Å². The Labute approximate surface area is 110 Å². The number of carbonyl (C=O) groups is 1. The van der Waals surface area contributed by atoms with Crippen LogP contribution < -0.4 is 0 Å². The van der Waals surface area contributed by atoms with Crippen molar-refractivity contribution >= 4 is 5.91 Å². The van der Waals surface area contributed by atoms with E-state index in [2.05, 4.69) is 18.7 Å². The summed E-state index contributed by atoms with van der Waals surface area (Å²) in [6, 6.07) is 2.44. The summed E-state index contributed by atoms with van der Waals surface area (Å²) in [5.41, 5.74) is 0. The third kappa shape index (κ3) is 7.25. The summed E-state index contributed by atoms with van der Waals surface area (Å²) in [5.74, 6) is 0.0910. The molecule has 0 heterocycles. The van der Waals surface area contributed by atoms with Crippen LogP contribution in [0.2, 0.25) is 0 Å². The van der Waals surface area contributed by atoms with Crippen LogP contribution in [0.5, 0.6) is 0 Å². The second-order valence-electron chi connectivity index (χ2n) is 4.60. The average molecular weight is 255 g/mol. The van der Waals surface area contributed by atoms with Gasteiger partial charge < -0.3 is 9.64 Å². The van der Waals surface area contributed by atoms with Gasteiger partial charge in [-0.25, -0.2) is 0 Å². The van der Waals surface area contributed by atoms with Crippen molar-refractivity contribution in [1.29, 1.82) is 5.26 Å². The number of rotatable bonds is 9. The topological polar surface area (TPSA) is 56.6 Å². The number of methoxy groups -OCH3 is 1. The van der Waals surface area contributed by atoms with E-state index in [1.54, 1.807) is 19.1 Å². The van der Waals surface area contributed by atoms with E-state index in [-0.39, 0.29) is 5.91 Å². The van der Waals surface area contributed by atoms with Crippen LogP contribution in [0.1, 0.15) is 26.7 Å². The summed E-state index contributed by atoms with van der Waals surface area (Å²) in [6.07, 6.45) is 0.879. The third-order valence-corrected chi connectivity index (χ3v) is 2.91. The molecule has 0 rings (SSSR count). The Kier molecular flexibility index (Phi) is 9.25. The fourth-order valence-electron chi connectivity index (χ4n) is 1.61. The number of nitrogens with zero attached hydrogens (tertiary/aromatic N) is 3. The number of carbonyl (C=O) groups excluding carboxylic acids is 1. The minimum Gasteiger partial charge on any atom is -0.383 e. The van der Waals surface area contributed by atoms with E-state index in [9.17, 15) is 4.79 Å². The first-order chi connectivity index (χ1) is 8.52. The van der Waals surface area contributed by atoms with Crippen molar-refractivity contribution < 1.29 is 9.53 Å². The molecule has 0 aliphatic heterocycles. The Bertz CT molecular complexity index is 274. The van der Waals surface area contributed by atoms with Gasteiger partial charge in [-0.1, -0.05) is 0 Å². The van der Waals surface area contributed by atoms with Gasteiger partial charge in [-0.3, -0.25) is 9.69 Å². The summed E-state index contributed by atoms with van der Waals surface area (Å²) in [7, 11) is 3.42. The van der Waals surface area contributed by atoms with E-state index in [1.165, 1.54) is 0 Å². The Morgan fingerprint density at radius 3 is 2.50 bits per heavy atom. The molecule has 0 saturated heterocycles. The summed E-state index contributed by atoms with van der Waals surface area (Å²) >= 11 is 0. The highest BCUT2D eigenvalue weighted by Gasteiger charge is 2.13. The van der Waals surface area contributed by atoms with Crippen LogP contribution >= 0.6 is 0 Å². The molecule has 0 N–H and O–H groups in total. The quantitative estimate of drug-likeness (QED) is 0.619. The van der Waals surface area contributed by atoms with Crippen LogP contribution in [0.4, 0.5) is 0 Å². The van der Waals surface area contributed by atoms with Gasteiger partial charge >= 0.3 is 0 Å². The normalized spacial score (nSPS) is 10.7. The highest BCUT2D eigenvalue weighted by atomic mass is 16.5. The predicted molar refractivity (Wildman–Crippen MR) is 71.1 cm³/mol. The lowest BCUT2D eigenvalue weighted by Gasteiger charge is -2.26. The highest BCUT2D eigenvalue weighted by Crippen LogP contribution is 2.01. The summed E-state index contributed by atoms with van der Waals surface area (Å²) in [6.45, 7) is 6.98. The van der Waals surface area contributed by atoms with Gasteiger partial charge in [-0.15, -0.1) is 0 Å². The number of hydrogen-bond acceptors (Lipinski definition) is 4. The summed E-state index contributed by atoms with van der Waals surface area (Å²) in [4.78, 5) is 15.7. The molecule has 0 aliphatic carbocycles. The first-order valence-electron chi connectivity index (χ1n) is 6.36. The number of nitriles is 1. The fraction of sp³-hybridized carbons (Fsp3) is 0.846. The average Bonchev–Trinajstić information content (AvgIpc) is 2.35. The molecule has 0 radical (unpaired) electrons. The van der Waals surface area contributed by atoms with Gasteiger partial charge in [-0.05, 0) is 13.8 Å². The first kappa shape index (κ1) is 16.9. The van der Waals surface area contributed by atoms with Gasteiger partial charge in [-0.2, -0.15) is 5.26 Å². The maximum absolute atomic E-state index is 11.8. The fourth-order valence-corrected chi connectivity index (χ4v) is 1.61. The molecule has 0 bridgehead atoms. The minimum atomic E-state index is 0.0910. The van der Waals surface area contributed by atoms with Crippen molar-refractivity contribution in [3.05, 3.63) is 0 Å². The second kappa shape index (κ2) is 9.86. The maximum Gasteiger partial charge on any atom is 0.223 e. The first-order valence-corrected chi connectivity index (χ1v) is 6.36. The van der Waals surface area contributed by atoms with Crippen LogP contribution in [0.15, 0.2) is 0 Å². The Morgan fingerprint density at radius 1 is 1.33 bits per heavy atom. The largest absolute Gasteiger partial charge is 0.383 e. The zero-order valence-electron chi connectivity index (χ0n) is 12.0. The van der Waals surface area contributed by atoms with Gasteiger partial charge in [0.05, 0.1) is 19.1 Å². The molecule has 0 saturated carbocycles. The van der Waals surface area contributed by atoms with Crippen molar-refractivity contribution in [3.63, 3.8) is 0 Å². The standard InChI is InChI=1S/C13H25N3O2/c1-12(2)16(10-11-18-4)9-6-13(17)15(3)8-5-7-14/h12H,5-6,8-11H2,1-4H3. The zero-order valence-corrected chi connectivity index (χ0v) is 12.0. The zero-order chi connectivity index (χ0) is 14.0.